The second-order valence-corrected chi connectivity index (χ2v) is 32.1. The highest BCUT2D eigenvalue weighted by Gasteiger charge is 2.45. The Kier molecular flexibility index (Phi) is 15.4. The van der Waals surface area contributed by atoms with E-state index in [0.717, 1.165) is 29.2 Å². The minimum atomic E-state index is -0.222. The molecule has 2 heteroatoms. The van der Waals surface area contributed by atoms with E-state index in [1.165, 1.54) is 145 Å². The second kappa shape index (κ2) is 24.2. The van der Waals surface area contributed by atoms with Crippen LogP contribution in [-0.2, 0) is 28.1 Å². The predicted octanol–water partition coefficient (Wildman–Crippen LogP) is 26.7. The molecule has 0 saturated carbocycles. The molecule has 0 atom stereocenters. The average Bonchev–Trinajstić information content (AvgIpc) is 0.687. The molecule has 0 spiro atoms. The molecule has 0 amide bonds. The monoisotopic (exact) mass is 1280 g/mol. The highest BCUT2D eigenvalue weighted by molar-refractivity contribution is 6.07. The molecular weight excluding hydrogens is 1190 g/mol. The van der Waals surface area contributed by atoms with E-state index in [4.69, 9.17) is 0 Å². The van der Waals surface area contributed by atoms with Gasteiger partial charge in [0.05, 0.1) is 34.1 Å². The summed E-state index contributed by atoms with van der Waals surface area (Å²) in [4.78, 5) is 5.47. The van der Waals surface area contributed by atoms with Crippen LogP contribution in [0.25, 0.3) is 66.8 Å². The molecule has 2 heterocycles. The van der Waals surface area contributed by atoms with Crippen molar-refractivity contribution in [1.82, 2.24) is 0 Å². The van der Waals surface area contributed by atoms with Gasteiger partial charge in [-0.2, -0.15) is 0 Å². The zero-order valence-corrected chi connectivity index (χ0v) is 59.5. The van der Waals surface area contributed by atoms with Crippen LogP contribution in [0.4, 0.5) is 34.1 Å². The first-order chi connectivity index (χ1) is 47.6. The Labute approximate surface area is 588 Å². The van der Waals surface area contributed by atoms with Gasteiger partial charge in [-0.15, -0.1) is 0 Å². The van der Waals surface area contributed by atoms with Gasteiger partial charge in [0.2, 0.25) is 0 Å². The first-order valence-corrected chi connectivity index (χ1v) is 35.7. The summed E-state index contributed by atoms with van der Waals surface area (Å²) in [5.74, 6) is -0.312. The highest BCUT2D eigenvalue weighted by Crippen LogP contribution is 2.65. The molecular formula is C97H88N2. The van der Waals surface area contributed by atoms with Crippen molar-refractivity contribution in [3.8, 4) is 66.8 Å². The molecule has 13 aromatic carbocycles. The summed E-state index contributed by atoms with van der Waals surface area (Å²) in [6.07, 6.45) is 0.882. The van der Waals surface area contributed by atoms with Crippen LogP contribution in [0.1, 0.15) is 162 Å². The van der Waals surface area contributed by atoms with Crippen molar-refractivity contribution in [3.05, 3.63) is 358 Å². The lowest BCUT2D eigenvalue weighted by atomic mass is 9.71. The minimum absolute atomic E-state index is 0.0298. The number of fused-ring (bicyclic) bond motifs is 6. The zero-order chi connectivity index (χ0) is 68.3. The van der Waals surface area contributed by atoms with E-state index < -0.39 is 0 Å². The smallest absolute Gasteiger partial charge is 0.0618 e. The van der Waals surface area contributed by atoms with Crippen molar-refractivity contribution in [3.63, 3.8) is 0 Å². The van der Waals surface area contributed by atoms with Crippen LogP contribution in [0, 0.1) is 0 Å². The summed E-state index contributed by atoms with van der Waals surface area (Å²) in [7, 11) is 0. The third kappa shape index (κ3) is 11.3. The molecule has 0 fully saturated rings. The number of anilines is 6. The number of rotatable bonds is 9. The number of benzene rings is 13. The SMILES string of the molecule is CC(C)(C)c1ccc(-c2cccc(-c3ccc(C(C)(C)C)cc3)c2N2c3ccc(-c4ccccc4)cc3C3c4cc(-c5ccccc5)ccc4N(c4c(-c5ccc(C(C)(C)C)cc5)cccc4-c4ccc(C(C)(C)C)cc4)c4cc(C5c6ccccc6Cc6ccccc65)cc2c43)cc1. The number of nitrogens with zero attached hydrogens (tertiary/aromatic N) is 2. The van der Waals surface area contributed by atoms with Gasteiger partial charge in [0, 0.05) is 39.7 Å². The summed E-state index contributed by atoms with van der Waals surface area (Å²) in [5.41, 5.74) is 36.6. The lowest BCUT2D eigenvalue weighted by molar-refractivity contribution is 0.590. The third-order valence-electron chi connectivity index (χ3n) is 21.5. The molecule has 3 aliphatic rings. The Hall–Kier alpha value is -10.5. The van der Waals surface area contributed by atoms with Crippen LogP contribution in [-0.4, -0.2) is 0 Å². The number of hydrogen-bond donors (Lipinski definition) is 0. The van der Waals surface area contributed by atoms with Crippen molar-refractivity contribution >= 4 is 34.1 Å². The predicted molar refractivity (Wildman–Crippen MR) is 421 cm³/mol. The summed E-state index contributed by atoms with van der Waals surface area (Å²) >= 11 is 0. The van der Waals surface area contributed by atoms with Gasteiger partial charge in [-0.3, -0.25) is 0 Å². The van der Waals surface area contributed by atoms with Crippen molar-refractivity contribution in [2.75, 3.05) is 9.80 Å². The van der Waals surface area contributed by atoms with E-state index in [-0.39, 0.29) is 33.5 Å². The van der Waals surface area contributed by atoms with E-state index >= 15 is 0 Å². The Morgan fingerprint density at radius 3 is 0.869 bits per heavy atom. The van der Waals surface area contributed by atoms with Crippen LogP contribution in [0.15, 0.2) is 291 Å². The maximum atomic E-state index is 2.73. The zero-order valence-electron chi connectivity index (χ0n) is 59.5. The molecule has 99 heavy (non-hydrogen) atoms. The second-order valence-electron chi connectivity index (χ2n) is 32.1. The van der Waals surface area contributed by atoms with Crippen molar-refractivity contribution in [2.24, 2.45) is 0 Å². The molecule has 0 N–H and O–H groups in total. The molecule has 2 aliphatic heterocycles. The van der Waals surface area contributed by atoms with E-state index in [1.807, 2.05) is 0 Å². The first-order valence-electron chi connectivity index (χ1n) is 35.7. The molecule has 0 radical (unpaired) electrons. The molecule has 13 aromatic rings. The molecule has 0 unspecified atom stereocenters. The Balaban J connectivity index is 1.09. The fourth-order valence-electron chi connectivity index (χ4n) is 16.1. The summed E-state index contributed by atoms with van der Waals surface area (Å²) in [5, 5.41) is 0. The molecule has 0 bridgehead atoms. The Morgan fingerprint density at radius 2 is 0.545 bits per heavy atom. The van der Waals surface area contributed by atoms with Crippen LogP contribution >= 0.6 is 0 Å². The van der Waals surface area contributed by atoms with Crippen LogP contribution in [0.2, 0.25) is 0 Å². The van der Waals surface area contributed by atoms with E-state index in [1.54, 1.807) is 0 Å². The average molecular weight is 1280 g/mol. The first kappa shape index (κ1) is 63.2. The van der Waals surface area contributed by atoms with E-state index in [0.29, 0.717) is 0 Å². The Morgan fingerprint density at radius 1 is 0.242 bits per heavy atom. The lowest BCUT2D eigenvalue weighted by Crippen LogP contribution is -2.31. The Bertz CT molecular complexity index is 4740. The maximum Gasteiger partial charge on any atom is 0.0618 e. The largest absolute Gasteiger partial charge is 0.309 e. The van der Waals surface area contributed by atoms with Gasteiger partial charge in [-0.25, -0.2) is 0 Å². The van der Waals surface area contributed by atoms with E-state index in [9.17, 15) is 0 Å². The van der Waals surface area contributed by atoms with Gasteiger partial charge in [0.1, 0.15) is 0 Å². The summed E-state index contributed by atoms with van der Waals surface area (Å²) in [6, 6.07) is 113. The molecule has 0 aromatic heterocycles. The number of hydrogen-bond acceptors (Lipinski definition) is 2. The normalized spacial score (nSPS) is 13.7. The van der Waals surface area contributed by atoms with Crippen molar-refractivity contribution in [2.45, 2.75) is 123 Å². The number of para-hydroxylation sites is 2. The van der Waals surface area contributed by atoms with Gasteiger partial charge in [0.25, 0.3) is 0 Å². The van der Waals surface area contributed by atoms with E-state index in [2.05, 4.69) is 384 Å². The molecule has 2 nitrogen and oxygen atoms in total. The fourth-order valence-corrected chi connectivity index (χ4v) is 16.1. The maximum absolute atomic E-state index is 2.73. The van der Waals surface area contributed by atoms with Crippen LogP contribution in [0.3, 0.4) is 0 Å². The molecule has 0 saturated heterocycles. The van der Waals surface area contributed by atoms with Gasteiger partial charge in [-0.1, -0.05) is 338 Å². The van der Waals surface area contributed by atoms with Gasteiger partial charge < -0.3 is 9.80 Å². The van der Waals surface area contributed by atoms with Gasteiger partial charge >= 0.3 is 0 Å². The molecule has 1 aliphatic carbocycles. The van der Waals surface area contributed by atoms with Crippen LogP contribution in [0.5, 0.6) is 0 Å². The lowest BCUT2D eigenvalue weighted by Gasteiger charge is -2.47. The quantitative estimate of drug-likeness (QED) is 0.142. The topological polar surface area (TPSA) is 6.48 Å². The standard InChI is InChI=1S/C97H88N2/c1-94(2,3)73-47-37-64(38-48-73)79-33-23-34-80(65-39-49-74(50-40-65)95(4,5)6)92(79)98-85-55-45-68(62-25-15-13-16-26-62)58-83(85)90-84-59-69(63-27-17-14-18-28-63)46-56-86(84)99(88-61-72(60-87(98)91(88)90)89-77-31-21-19-29-70(77)57-71-30-20-22-32-78(71)89)93-81(66-41-51-75(52-42-66)96(7,8)9)35-24-36-82(93)67-43-53-76(54-44-67)97(10,11)12/h13-56,58-61,89-90H,57H2,1-12H3. The van der Waals surface area contributed by atoms with Crippen molar-refractivity contribution < 1.29 is 0 Å². The van der Waals surface area contributed by atoms with Crippen LogP contribution < -0.4 is 9.80 Å². The summed E-state index contributed by atoms with van der Waals surface area (Å²) in [6.45, 7) is 27.8. The van der Waals surface area contributed by atoms with Crippen molar-refractivity contribution in [1.29, 1.82) is 0 Å². The fraction of sp³-hybridized carbons (Fsp3) is 0.196. The highest BCUT2D eigenvalue weighted by atomic mass is 15.2. The molecule has 486 valence electrons. The summed E-state index contributed by atoms with van der Waals surface area (Å²) < 4.78 is 0. The molecule has 16 rings (SSSR count). The minimum Gasteiger partial charge on any atom is -0.309 e. The third-order valence-corrected chi connectivity index (χ3v) is 21.5. The van der Waals surface area contributed by atoms with Gasteiger partial charge in [-0.05, 0) is 170 Å². The van der Waals surface area contributed by atoms with Gasteiger partial charge in [0.15, 0.2) is 0 Å².